The fraction of sp³-hybridized carbons (Fsp3) is 0.933. The second-order valence-electron chi connectivity index (χ2n) is 21.8. The molecule has 8 nitrogen and oxygen atoms in total. The third-order valence-electron chi connectivity index (χ3n) is 18.5. The van der Waals surface area contributed by atoms with Gasteiger partial charge < -0.3 is 30.5 Å². The van der Waals surface area contributed by atoms with Gasteiger partial charge in [-0.2, -0.15) is 0 Å². The minimum absolute atomic E-state index is 0.0279. The molecule has 300 valence electrons. The summed E-state index contributed by atoms with van der Waals surface area (Å²) in [4.78, 5) is 14.6. The van der Waals surface area contributed by atoms with Crippen LogP contribution in [0.5, 0.6) is 0 Å². The van der Waals surface area contributed by atoms with Gasteiger partial charge in [-0.25, -0.2) is 0 Å². The predicted molar refractivity (Wildman–Crippen MR) is 205 cm³/mol. The second-order valence-corrected chi connectivity index (χ2v) is 21.8. The quantitative estimate of drug-likeness (QED) is 0.161. The molecule has 0 aromatic heterocycles. The number of nitrogens with two attached hydrogens (primary N) is 2. The maximum absolute atomic E-state index is 14.6. The van der Waals surface area contributed by atoms with Crippen molar-refractivity contribution in [3.05, 3.63) is 11.1 Å². The molecule has 0 aromatic rings. The zero-order valence-corrected chi connectivity index (χ0v) is 34.0. The lowest BCUT2D eigenvalue weighted by atomic mass is 9.40. The molecule has 8 rings (SSSR count). The number of Topliss-reactive ketones (excluding diaryl/α,β-unsaturated/α-hetero) is 1. The molecule has 0 radical (unpaired) electrons. The van der Waals surface area contributed by atoms with Gasteiger partial charge in [-0.05, 0) is 142 Å². The Bertz CT molecular complexity index is 1450. The van der Waals surface area contributed by atoms with E-state index in [1.165, 1.54) is 38.5 Å². The zero-order valence-electron chi connectivity index (χ0n) is 34.0. The molecule has 2 unspecified atom stereocenters. The summed E-state index contributed by atoms with van der Waals surface area (Å²) in [6.07, 6.45) is 16.7. The Balaban J connectivity index is 1.10. The monoisotopic (exact) mass is 740 g/mol. The Labute approximate surface area is 319 Å². The zero-order chi connectivity index (χ0) is 37.9. The molecule has 8 heteroatoms. The highest BCUT2D eigenvalue weighted by atomic mass is 16.6. The summed E-state index contributed by atoms with van der Waals surface area (Å²) < 4.78 is 6.47. The molecule has 0 amide bonds. The number of piperidine rings is 1. The van der Waals surface area contributed by atoms with E-state index < -0.39 is 45.9 Å². The lowest BCUT2D eigenvalue weighted by Crippen LogP contribution is -2.94. The average molecular weight is 740 g/mol. The van der Waals surface area contributed by atoms with Crippen LogP contribution >= 0.6 is 0 Å². The summed E-state index contributed by atoms with van der Waals surface area (Å²) >= 11 is 0. The van der Waals surface area contributed by atoms with E-state index >= 15 is 0 Å². The van der Waals surface area contributed by atoms with Crippen LogP contribution in [0.4, 0.5) is 0 Å². The van der Waals surface area contributed by atoms with E-state index in [1.54, 1.807) is 0 Å². The third-order valence-corrected chi connectivity index (χ3v) is 18.5. The SMILES string of the molecule is CC(C)(CCC1CC[NH2+]C(N)C1)[C@@](C)(O)[C@H]1O[C@H]1[C@](C)(O)[C@H]1C[C@@H]2CCC3=C4[C@H]([C@H](CCC5CCCCC5)C[C@]1(C)[C@]42O)[C@@]1(C)CC[C@H](O)C[C@H]1C3=O. The molecule has 15 atom stereocenters. The standard InChI is InChI=1S/C45H74N2O6/c1-40(2,19-16-27-18-21-47-34(46)22-27)44(6,51)39-38(53-39)43(5,50)33-23-29-14-15-31-36-35(41(3)20-17-30(48)24-32(41)37(31)49)28(25-42(33,4)45(29,36)52)13-12-26-10-8-7-9-11-26/h26-30,32-35,38-39,47-48,50-52H,7-25,46H2,1-6H3/p+1/t27?,28-,29+,30+,32+,33+,34?,35+,38-,39+,41+,42+,43-,44+,45-/m1/s1. The number of ether oxygens (including phenoxy) is 1. The van der Waals surface area contributed by atoms with Crippen LogP contribution in [0, 0.1) is 57.7 Å². The average Bonchev–Trinajstić information content (AvgIpc) is 3.90. The molecule has 8 aliphatic rings. The van der Waals surface area contributed by atoms with Crippen LogP contribution in [0.15, 0.2) is 11.1 Å². The van der Waals surface area contributed by atoms with Crippen LogP contribution in [-0.4, -0.2) is 74.0 Å². The van der Waals surface area contributed by atoms with Gasteiger partial charge in [0.05, 0.1) is 29.5 Å². The minimum Gasteiger partial charge on any atom is -0.393 e. The minimum atomic E-state index is -1.26. The fourth-order valence-corrected chi connectivity index (χ4v) is 14.9. The largest absolute Gasteiger partial charge is 0.393 e. The van der Waals surface area contributed by atoms with Crippen LogP contribution in [-0.2, 0) is 9.53 Å². The van der Waals surface area contributed by atoms with Gasteiger partial charge in [-0.3, -0.25) is 10.5 Å². The molecule has 0 aromatic carbocycles. The van der Waals surface area contributed by atoms with Gasteiger partial charge in [-0.1, -0.05) is 66.2 Å². The summed E-state index contributed by atoms with van der Waals surface area (Å²) in [6.45, 7) is 13.8. The van der Waals surface area contributed by atoms with Crippen LogP contribution in [0.1, 0.15) is 157 Å². The Hall–Kier alpha value is -0.870. The van der Waals surface area contributed by atoms with Crippen LogP contribution < -0.4 is 11.1 Å². The van der Waals surface area contributed by atoms with Crippen molar-refractivity contribution in [1.29, 1.82) is 0 Å². The number of fused-ring (bicyclic) bond motifs is 2. The normalized spacial score (nSPS) is 48.1. The molecule has 0 bridgehead atoms. The van der Waals surface area contributed by atoms with Gasteiger partial charge in [0.15, 0.2) is 5.78 Å². The van der Waals surface area contributed by atoms with E-state index in [0.29, 0.717) is 37.5 Å². The van der Waals surface area contributed by atoms with Gasteiger partial charge in [-0.15, -0.1) is 0 Å². The van der Waals surface area contributed by atoms with Crippen LogP contribution in [0.3, 0.4) is 0 Å². The van der Waals surface area contributed by atoms with Gasteiger partial charge in [0.1, 0.15) is 18.4 Å². The van der Waals surface area contributed by atoms with Gasteiger partial charge in [0.2, 0.25) is 0 Å². The lowest BCUT2D eigenvalue weighted by molar-refractivity contribution is -0.699. The molecule has 2 heterocycles. The maximum Gasteiger partial charge on any atom is 0.162 e. The number of ketones is 1. The van der Waals surface area contributed by atoms with Gasteiger partial charge >= 0.3 is 0 Å². The van der Waals surface area contributed by atoms with E-state index in [9.17, 15) is 25.2 Å². The molecule has 4 saturated carbocycles. The highest BCUT2D eigenvalue weighted by Gasteiger charge is 2.77. The lowest BCUT2D eigenvalue weighted by Gasteiger charge is -2.65. The van der Waals surface area contributed by atoms with E-state index in [-0.39, 0.29) is 41.0 Å². The first-order valence-electron chi connectivity index (χ1n) is 22.2. The van der Waals surface area contributed by atoms with Crippen molar-refractivity contribution in [2.75, 3.05) is 6.54 Å². The number of aliphatic hydroxyl groups is 4. The van der Waals surface area contributed by atoms with E-state index in [1.807, 2.05) is 13.8 Å². The number of aliphatic hydroxyl groups excluding tert-OH is 1. The van der Waals surface area contributed by atoms with Gasteiger partial charge in [0, 0.05) is 17.8 Å². The molecule has 53 heavy (non-hydrogen) atoms. The Morgan fingerprint density at radius 1 is 0.906 bits per heavy atom. The Kier molecular flexibility index (Phi) is 9.81. The third kappa shape index (κ3) is 5.94. The number of hydrogen-bond acceptors (Lipinski definition) is 7. The molecule has 2 aliphatic heterocycles. The number of quaternary nitrogens is 1. The number of hydrogen-bond donors (Lipinski definition) is 6. The molecule has 0 spiro atoms. The summed E-state index contributed by atoms with van der Waals surface area (Å²) in [6, 6.07) is 0. The van der Waals surface area contributed by atoms with Crippen molar-refractivity contribution in [1.82, 2.24) is 0 Å². The smallest absolute Gasteiger partial charge is 0.162 e. The number of rotatable bonds is 10. The second kappa shape index (κ2) is 13.3. The van der Waals surface area contributed by atoms with Crippen molar-refractivity contribution in [2.24, 2.45) is 63.4 Å². The topological polar surface area (TPSA) is 153 Å². The highest BCUT2D eigenvalue weighted by Crippen LogP contribution is 2.75. The molecule has 8 N–H and O–H groups in total. The highest BCUT2D eigenvalue weighted by molar-refractivity contribution is 6.00. The Morgan fingerprint density at radius 2 is 1.64 bits per heavy atom. The summed E-state index contributed by atoms with van der Waals surface area (Å²) in [5.74, 6) is 1.48. The summed E-state index contributed by atoms with van der Waals surface area (Å²) in [5, 5.41) is 51.9. The number of carbonyl (C=O) groups is 1. The molecule has 6 aliphatic carbocycles. The molecule has 2 saturated heterocycles. The van der Waals surface area contributed by atoms with E-state index in [2.05, 4.69) is 33.0 Å². The van der Waals surface area contributed by atoms with Crippen molar-refractivity contribution in [3.63, 3.8) is 0 Å². The van der Waals surface area contributed by atoms with Crippen molar-refractivity contribution in [2.45, 2.75) is 198 Å². The predicted octanol–water partition coefficient (Wildman–Crippen LogP) is 5.53. The fourth-order valence-electron chi connectivity index (χ4n) is 14.9. The first-order chi connectivity index (χ1) is 24.9. The molecular weight excluding hydrogens is 665 g/mol. The van der Waals surface area contributed by atoms with Crippen LogP contribution in [0.2, 0.25) is 0 Å². The molecular formula is C45H75N2O6+. The van der Waals surface area contributed by atoms with Gasteiger partial charge in [0.25, 0.3) is 0 Å². The van der Waals surface area contributed by atoms with Crippen molar-refractivity contribution in [3.8, 4) is 0 Å². The van der Waals surface area contributed by atoms with Crippen molar-refractivity contribution >= 4 is 5.78 Å². The maximum atomic E-state index is 14.6. The summed E-state index contributed by atoms with van der Waals surface area (Å²) in [7, 11) is 0. The number of epoxide rings is 1. The van der Waals surface area contributed by atoms with E-state index in [0.717, 1.165) is 75.0 Å². The van der Waals surface area contributed by atoms with Crippen LogP contribution in [0.25, 0.3) is 0 Å². The number of allylic oxidation sites excluding steroid dienone is 1. The first kappa shape index (κ1) is 39.0. The number of carbonyl (C=O) groups excluding carboxylic acids is 1. The van der Waals surface area contributed by atoms with E-state index in [4.69, 9.17) is 10.5 Å². The first-order valence-corrected chi connectivity index (χ1v) is 22.2. The van der Waals surface area contributed by atoms with Crippen molar-refractivity contribution < 1.29 is 35.3 Å². The Morgan fingerprint density at radius 3 is 2.36 bits per heavy atom. The summed E-state index contributed by atoms with van der Waals surface area (Å²) in [5.41, 5.74) is 3.29. The molecule has 6 fully saturated rings.